The minimum Gasteiger partial charge on any atom is -0.406 e. The van der Waals surface area contributed by atoms with Crippen LogP contribution in [0.2, 0.25) is 0 Å². The Hall–Kier alpha value is -4.01. The van der Waals surface area contributed by atoms with Gasteiger partial charge in [0.25, 0.3) is 5.91 Å². The average molecular weight is 551 g/mol. The summed E-state index contributed by atoms with van der Waals surface area (Å²) in [6.07, 6.45) is 0.691. The normalized spacial score (nSPS) is 14.5. The van der Waals surface area contributed by atoms with Crippen molar-refractivity contribution in [3.05, 3.63) is 94.8 Å². The minimum atomic E-state index is -4.68. The predicted molar refractivity (Wildman–Crippen MR) is 149 cm³/mol. The number of nitrogens with zero attached hydrogens (tertiary/aromatic N) is 3. The number of fused-ring (bicyclic) bond motifs is 1. The molecule has 0 saturated carbocycles. The van der Waals surface area contributed by atoms with Crippen molar-refractivity contribution >= 4 is 17.1 Å². The van der Waals surface area contributed by atoms with Crippen LogP contribution in [0.3, 0.4) is 0 Å². The van der Waals surface area contributed by atoms with E-state index in [4.69, 9.17) is 0 Å². The molecule has 1 saturated heterocycles. The number of benzene rings is 2. The highest BCUT2D eigenvalue weighted by Gasteiger charge is 2.31. The molecule has 1 aliphatic rings. The quantitative estimate of drug-likeness (QED) is 0.262. The number of ether oxygens (including phenoxy) is 1. The van der Waals surface area contributed by atoms with Crippen molar-refractivity contribution < 1.29 is 22.7 Å². The monoisotopic (exact) mass is 550 g/mol. The molecule has 5 rings (SSSR count). The number of carbonyl (C=O) groups excluding carboxylic acids is 1. The van der Waals surface area contributed by atoms with Gasteiger partial charge in [0, 0.05) is 31.5 Å². The number of aryl methyl sites for hydroxylation is 2. The fourth-order valence-electron chi connectivity index (χ4n) is 5.37. The summed E-state index contributed by atoms with van der Waals surface area (Å²) in [5.74, 6) is -0.0136. The zero-order valence-electron chi connectivity index (χ0n) is 22.7. The first-order valence-electron chi connectivity index (χ1n) is 13.7. The van der Waals surface area contributed by atoms with Crippen molar-refractivity contribution in [2.45, 2.75) is 58.4 Å². The number of hydrogen-bond acceptors (Lipinski definition) is 4. The first-order valence-corrected chi connectivity index (χ1v) is 13.7. The molecule has 210 valence electrons. The molecule has 6 nitrogen and oxygen atoms in total. The second-order valence-corrected chi connectivity index (χ2v) is 10.3. The molecule has 9 heteroatoms. The molecular formula is C31H33F3N4O2. The lowest BCUT2D eigenvalue weighted by Gasteiger charge is -2.34. The first kappa shape index (κ1) is 27.6. The molecule has 40 heavy (non-hydrogen) atoms. The molecule has 0 radical (unpaired) electrons. The number of aromatic nitrogens is 2. The van der Waals surface area contributed by atoms with Crippen LogP contribution in [0, 0.1) is 6.92 Å². The molecule has 1 aliphatic heterocycles. The summed E-state index contributed by atoms with van der Waals surface area (Å²) >= 11 is 0. The van der Waals surface area contributed by atoms with Gasteiger partial charge in [0.1, 0.15) is 5.75 Å². The van der Waals surface area contributed by atoms with E-state index in [1.54, 1.807) is 16.6 Å². The van der Waals surface area contributed by atoms with Gasteiger partial charge in [0.05, 0.1) is 16.8 Å². The van der Waals surface area contributed by atoms with Crippen LogP contribution in [0.25, 0.3) is 5.52 Å². The molecule has 1 amide bonds. The third kappa shape index (κ3) is 6.41. The van der Waals surface area contributed by atoms with E-state index in [2.05, 4.69) is 39.1 Å². The van der Waals surface area contributed by atoms with E-state index in [0.29, 0.717) is 18.0 Å². The number of carbonyl (C=O) groups is 1. The van der Waals surface area contributed by atoms with Gasteiger partial charge < -0.3 is 15.0 Å². The summed E-state index contributed by atoms with van der Waals surface area (Å²) in [4.78, 5) is 15.5. The van der Waals surface area contributed by atoms with E-state index in [1.165, 1.54) is 12.1 Å². The number of amides is 1. The topological polar surface area (TPSA) is 58.9 Å². The molecule has 0 bridgehead atoms. The molecule has 0 unspecified atom stereocenters. The maximum absolute atomic E-state index is 13.2. The van der Waals surface area contributed by atoms with Crippen molar-refractivity contribution in [1.82, 2.24) is 14.9 Å². The van der Waals surface area contributed by atoms with E-state index < -0.39 is 6.36 Å². The van der Waals surface area contributed by atoms with Gasteiger partial charge in [-0.1, -0.05) is 37.6 Å². The van der Waals surface area contributed by atoms with Gasteiger partial charge in [-0.15, -0.1) is 13.2 Å². The van der Waals surface area contributed by atoms with E-state index in [9.17, 15) is 18.0 Å². The fraction of sp³-hybridized carbons (Fsp3) is 0.355. The lowest BCUT2D eigenvalue weighted by molar-refractivity contribution is -0.274. The fourth-order valence-corrected chi connectivity index (χ4v) is 5.37. The van der Waals surface area contributed by atoms with Crippen LogP contribution in [0.4, 0.5) is 18.9 Å². The maximum atomic E-state index is 13.2. The maximum Gasteiger partial charge on any atom is 0.573 e. The van der Waals surface area contributed by atoms with Gasteiger partial charge in [0.2, 0.25) is 0 Å². The molecular weight excluding hydrogens is 517 g/mol. The molecule has 0 atom stereocenters. The second-order valence-electron chi connectivity index (χ2n) is 10.3. The summed E-state index contributed by atoms with van der Waals surface area (Å²) in [5, 5.41) is 7.70. The molecule has 0 spiro atoms. The van der Waals surface area contributed by atoms with Gasteiger partial charge in [-0.3, -0.25) is 4.79 Å². The van der Waals surface area contributed by atoms with E-state index in [0.717, 1.165) is 72.4 Å². The zero-order chi connectivity index (χ0) is 28.3. The third-order valence-corrected chi connectivity index (χ3v) is 7.41. The van der Waals surface area contributed by atoms with Crippen molar-refractivity contribution in [2.75, 3.05) is 18.0 Å². The first-order chi connectivity index (χ1) is 19.2. The van der Waals surface area contributed by atoms with Gasteiger partial charge in [-0.2, -0.15) is 5.10 Å². The van der Waals surface area contributed by atoms with Crippen molar-refractivity contribution in [3.8, 4) is 5.75 Å². The van der Waals surface area contributed by atoms with Crippen LogP contribution in [-0.2, 0) is 13.0 Å². The highest BCUT2D eigenvalue weighted by molar-refractivity contribution is 6.02. The SMILES string of the molecule is CCCc1nn2ccc(C)cc2c1C(=O)NCc1ccc(N2CCC(c3ccc(OC(F)(F)F)cc3)CC2)cc1. The predicted octanol–water partition coefficient (Wildman–Crippen LogP) is 6.81. The molecule has 1 N–H and O–H groups in total. The summed E-state index contributed by atoms with van der Waals surface area (Å²) in [6.45, 7) is 6.22. The number of nitrogens with one attached hydrogen (secondary N) is 1. The Kier molecular flexibility index (Phi) is 8.00. The van der Waals surface area contributed by atoms with Crippen molar-refractivity contribution in [3.63, 3.8) is 0 Å². The van der Waals surface area contributed by atoms with Crippen LogP contribution < -0.4 is 15.0 Å². The molecule has 1 fully saturated rings. The highest BCUT2D eigenvalue weighted by atomic mass is 19.4. The largest absolute Gasteiger partial charge is 0.573 e. The lowest BCUT2D eigenvalue weighted by Crippen LogP contribution is -2.32. The summed E-state index contributed by atoms with van der Waals surface area (Å²) in [6, 6.07) is 18.4. The smallest absolute Gasteiger partial charge is 0.406 e. The Morgan fingerprint density at radius 1 is 1.05 bits per heavy atom. The van der Waals surface area contributed by atoms with E-state index in [1.807, 2.05) is 37.4 Å². The Morgan fingerprint density at radius 3 is 2.40 bits per heavy atom. The van der Waals surface area contributed by atoms with Crippen LogP contribution in [0.1, 0.15) is 64.8 Å². The van der Waals surface area contributed by atoms with Crippen molar-refractivity contribution in [2.24, 2.45) is 0 Å². The van der Waals surface area contributed by atoms with Crippen LogP contribution in [0.15, 0.2) is 66.9 Å². The highest BCUT2D eigenvalue weighted by Crippen LogP contribution is 2.32. The van der Waals surface area contributed by atoms with E-state index >= 15 is 0 Å². The van der Waals surface area contributed by atoms with Crippen LogP contribution >= 0.6 is 0 Å². The van der Waals surface area contributed by atoms with Gasteiger partial charge in [-0.05, 0) is 85.2 Å². The lowest BCUT2D eigenvalue weighted by atomic mass is 9.89. The Morgan fingerprint density at radius 2 is 1.75 bits per heavy atom. The minimum absolute atomic E-state index is 0.117. The number of anilines is 1. The second kappa shape index (κ2) is 11.6. The number of piperidine rings is 1. The number of alkyl halides is 3. The van der Waals surface area contributed by atoms with Crippen LogP contribution in [0.5, 0.6) is 5.75 Å². The molecule has 2 aromatic heterocycles. The number of pyridine rings is 1. The average Bonchev–Trinajstić information content (AvgIpc) is 3.29. The van der Waals surface area contributed by atoms with Gasteiger partial charge in [-0.25, -0.2) is 4.52 Å². The molecule has 3 heterocycles. The molecule has 0 aliphatic carbocycles. The van der Waals surface area contributed by atoms with E-state index in [-0.39, 0.29) is 11.7 Å². The van der Waals surface area contributed by atoms with Gasteiger partial charge in [0.15, 0.2) is 0 Å². The Labute approximate surface area is 231 Å². The summed E-state index contributed by atoms with van der Waals surface area (Å²) in [5.41, 5.74) is 6.53. The number of halogens is 3. The Balaban J connectivity index is 1.16. The summed E-state index contributed by atoms with van der Waals surface area (Å²) in [7, 11) is 0. The molecule has 4 aromatic rings. The van der Waals surface area contributed by atoms with Gasteiger partial charge >= 0.3 is 6.36 Å². The Bertz CT molecular complexity index is 1460. The van der Waals surface area contributed by atoms with Crippen LogP contribution in [-0.4, -0.2) is 35.0 Å². The standard InChI is InChI=1S/C31H33F3N4O2/c1-3-4-27-29(28-19-21(2)13-18-38(28)36-27)30(39)35-20-22-5-9-25(10-6-22)37-16-14-24(15-17-37)23-7-11-26(12-8-23)40-31(32,33)34/h5-13,18-19,24H,3-4,14-17,20H2,1-2H3,(H,35,39). The van der Waals surface area contributed by atoms with Crippen molar-refractivity contribution in [1.29, 1.82) is 0 Å². The third-order valence-electron chi connectivity index (χ3n) is 7.41. The number of rotatable bonds is 8. The molecule has 2 aromatic carbocycles. The zero-order valence-corrected chi connectivity index (χ0v) is 22.7. The number of hydrogen-bond donors (Lipinski definition) is 1. The summed E-state index contributed by atoms with van der Waals surface area (Å²) < 4.78 is 43.0.